The van der Waals surface area contributed by atoms with Crippen molar-refractivity contribution in [3.8, 4) is 0 Å². The van der Waals surface area contributed by atoms with Crippen LogP contribution in [0.25, 0.3) is 0 Å². The molecule has 0 aromatic heterocycles. The SMILES string of the molecule is Cc1cc(CCC(=O)N2CC(C(N)=O)Cc3ccccc32)ccc1Br. The van der Waals surface area contributed by atoms with Gasteiger partial charge in [-0.3, -0.25) is 9.59 Å². The summed E-state index contributed by atoms with van der Waals surface area (Å²) in [6.07, 6.45) is 1.68. The molecule has 0 aliphatic carbocycles. The van der Waals surface area contributed by atoms with E-state index in [9.17, 15) is 9.59 Å². The highest BCUT2D eigenvalue weighted by molar-refractivity contribution is 9.10. The minimum Gasteiger partial charge on any atom is -0.369 e. The van der Waals surface area contributed by atoms with Crippen molar-refractivity contribution in [3.63, 3.8) is 0 Å². The van der Waals surface area contributed by atoms with Gasteiger partial charge in [-0.1, -0.05) is 46.3 Å². The molecule has 5 heteroatoms. The number of amides is 2. The Balaban J connectivity index is 1.76. The molecule has 0 spiro atoms. The number of anilines is 1. The fourth-order valence-electron chi connectivity index (χ4n) is 3.27. The lowest BCUT2D eigenvalue weighted by atomic mass is 9.91. The molecular weight excluding hydrogens is 380 g/mol. The smallest absolute Gasteiger partial charge is 0.227 e. The van der Waals surface area contributed by atoms with Crippen LogP contribution in [-0.4, -0.2) is 18.4 Å². The van der Waals surface area contributed by atoms with E-state index in [4.69, 9.17) is 5.73 Å². The first kappa shape index (κ1) is 17.7. The third-order valence-corrected chi connectivity index (χ3v) is 5.59. The molecule has 130 valence electrons. The van der Waals surface area contributed by atoms with Gasteiger partial charge in [-0.2, -0.15) is 0 Å². The number of benzene rings is 2. The topological polar surface area (TPSA) is 63.4 Å². The number of fused-ring (bicyclic) bond motifs is 1. The Morgan fingerprint density at radius 3 is 2.72 bits per heavy atom. The molecule has 1 atom stereocenters. The first-order valence-electron chi connectivity index (χ1n) is 8.38. The monoisotopic (exact) mass is 400 g/mol. The van der Waals surface area contributed by atoms with Crippen LogP contribution >= 0.6 is 15.9 Å². The second-order valence-corrected chi connectivity index (χ2v) is 7.37. The number of carbonyl (C=O) groups excluding carboxylic acids is 2. The summed E-state index contributed by atoms with van der Waals surface area (Å²) in [7, 11) is 0. The second kappa shape index (κ2) is 7.40. The molecule has 2 N–H and O–H groups in total. The number of aryl methyl sites for hydroxylation is 2. The van der Waals surface area contributed by atoms with Gasteiger partial charge in [-0.25, -0.2) is 0 Å². The fraction of sp³-hybridized carbons (Fsp3) is 0.300. The summed E-state index contributed by atoms with van der Waals surface area (Å²) in [5.74, 6) is -0.649. The van der Waals surface area contributed by atoms with Gasteiger partial charge in [0, 0.05) is 23.1 Å². The first-order valence-corrected chi connectivity index (χ1v) is 9.17. The number of nitrogens with two attached hydrogens (primary N) is 1. The van der Waals surface area contributed by atoms with Gasteiger partial charge in [0.05, 0.1) is 5.92 Å². The number of hydrogen-bond acceptors (Lipinski definition) is 2. The molecule has 3 rings (SSSR count). The molecule has 2 amide bonds. The number of para-hydroxylation sites is 1. The van der Waals surface area contributed by atoms with Crippen LogP contribution in [0, 0.1) is 12.8 Å². The van der Waals surface area contributed by atoms with E-state index in [0.717, 1.165) is 26.9 Å². The number of carbonyl (C=O) groups is 2. The lowest BCUT2D eigenvalue weighted by molar-refractivity contribution is -0.122. The fourth-order valence-corrected chi connectivity index (χ4v) is 3.52. The van der Waals surface area contributed by atoms with Gasteiger partial charge < -0.3 is 10.6 Å². The third kappa shape index (κ3) is 3.93. The molecule has 2 aromatic rings. The normalized spacial score (nSPS) is 16.4. The summed E-state index contributed by atoms with van der Waals surface area (Å²) in [5.41, 5.74) is 9.69. The Labute approximate surface area is 156 Å². The first-order chi connectivity index (χ1) is 12.0. The summed E-state index contributed by atoms with van der Waals surface area (Å²) in [6, 6.07) is 13.9. The maximum absolute atomic E-state index is 12.8. The molecule has 25 heavy (non-hydrogen) atoms. The average Bonchev–Trinajstić information content (AvgIpc) is 2.61. The molecular formula is C20H21BrN2O2. The lowest BCUT2D eigenvalue weighted by Gasteiger charge is -2.33. The highest BCUT2D eigenvalue weighted by Crippen LogP contribution is 2.30. The molecule has 0 fully saturated rings. The Bertz CT molecular complexity index is 819. The van der Waals surface area contributed by atoms with Crippen LogP contribution < -0.4 is 10.6 Å². The molecule has 1 aliphatic rings. The maximum atomic E-state index is 12.8. The van der Waals surface area contributed by atoms with E-state index >= 15 is 0 Å². The van der Waals surface area contributed by atoms with Crippen LogP contribution in [-0.2, 0) is 22.4 Å². The van der Waals surface area contributed by atoms with Gasteiger partial charge in [0.25, 0.3) is 0 Å². The standard InChI is InChI=1S/C20H21BrN2O2/c1-13-10-14(6-8-17(13)21)7-9-19(24)23-12-16(20(22)25)11-15-4-2-3-5-18(15)23/h2-6,8,10,16H,7,9,11-12H2,1H3,(H2,22,25). The van der Waals surface area contributed by atoms with Crippen molar-refractivity contribution < 1.29 is 9.59 Å². The number of nitrogens with zero attached hydrogens (tertiary/aromatic N) is 1. The summed E-state index contributed by atoms with van der Waals surface area (Å²) < 4.78 is 1.07. The predicted octanol–water partition coefficient (Wildman–Crippen LogP) is 3.38. The van der Waals surface area contributed by atoms with E-state index in [2.05, 4.69) is 22.0 Å². The molecule has 0 saturated carbocycles. The number of hydrogen-bond donors (Lipinski definition) is 1. The van der Waals surface area contributed by atoms with Crippen LogP contribution in [0.15, 0.2) is 46.9 Å². The quantitative estimate of drug-likeness (QED) is 0.854. The Morgan fingerprint density at radius 1 is 1.24 bits per heavy atom. The van der Waals surface area contributed by atoms with Crippen LogP contribution in [0.4, 0.5) is 5.69 Å². The van der Waals surface area contributed by atoms with Gasteiger partial charge in [0.1, 0.15) is 0 Å². The summed E-state index contributed by atoms with van der Waals surface area (Å²) >= 11 is 3.49. The zero-order chi connectivity index (χ0) is 18.0. The van der Waals surface area contributed by atoms with E-state index in [0.29, 0.717) is 25.8 Å². The van der Waals surface area contributed by atoms with Gasteiger partial charge in [0.15, 0.2) is 0 Å². The average molecular weight is 401 g/mol. The molecule has 2 aromatic carbocycles. The van der Waals surface area contributed by atoms with Crippen molar-refractivity contribution in [2.45, 2.75) is 26.2 Å². The minimum atomic E-state index is -0.351. The minimum absolute atomic E-state index is 0.0268. The van der Waals surface area contributed by atoms with Crippen LogP contribution in [0.1, 0.15) is 23.1 Å². The van der Waals surface area contributed by atoms with Crippen LogP contribution in [0.5, 0.6) is 0 Å². The molecule has 4 nitrogen and oxygen atoms in total. The largest absolute Gasteiger partial charge is 0.369 e. The maximum Gasteiger partial charge on any atom is 0.227 e. The number of rotatable bonds is 4. The molecule has 1 unspecified atom stereocenters. The van der Waals surface area contributed by atoms with Crippen molar-refractivity contribution in [2.75, 3.05) is 11.4 Å². The third-order valence-electron chi connectivity index (χ3n) is 4.71. The molecule has 1 aliphatic heterocycles. The predicted molar refractivity (Wildman–Crippen MR) is 102 cm³/mol. The Hall–Kier alpha value is -2.14. The zero-order valence-corrected chi connectivity index (χ0v) is 15.8. The van der Waals surface area contributed by atoms with Crippen molar-refractivity contribution in [2.24, 2.45) is 11.7 Å². The van der Waals surface area contributed by atoms with Crippen molar-refractivity contribution in [1.29, 1.82) is 0 Å². The molecule has 0 saturated heterocycles. The highest BCUT2D eigenvalue weighted by Gasteiger charge is 2.30. The Kier molecular flexibility index (Phi) is 5.23. The van der Waals surface area contributed by atoms with Crippen molar-refractivity contribution in [3.05, 3.63) is 63.6 Å². The van der Waals surface area contributed by atoms with E-state index < -0.39 is 0 Å². The van der Waals surface area contributed by atoms with Crippen LogP contribution in [0.3, 0.4) is 0 Å². The summed E-state index contributed by atoms with van der Waals surface area (Å²) in [5, 5.41) is 0. The van der Waals surface area contributed by atoms with Gasteiger partial charge in [0.2, 0.25) is 11.8 Å². The van der Waals surface area contributed by atoms with E-state index in [-0.39, 0.29) is 17.7 Å². The highest BCUT2D eigenvalue weighted by atomic mass is 79.9. The van der Waals surface area contributed by atoms with Gasteiger partial charge in [-0.15, -0.1) is 0 Å². The number of primary amides is 1. The Morgan fingerprint density at radius 2 is 2.00 bits per heavy atom. The van der Waals surface area contributed by atoms with E-state index in [1.54, 1.807) is 4.90 Å². The molecule has 1 heterocycles. The van der Waals surface area contributed by atoms with Gasteiger partial charge in [-0.05, 0) is 48.6 Å². The summed E-state index contributed by atoms with van der Waals surface area (Å²) in [4.78, 5) is 26.2. The number of halogens is 1. The van der Waals surface area contributed by atoms with E-state index in [1.165, 1.54) is 0 Å². The van der Waals surface area contributed by atoms with Crippen LogP contribution in [0.2, 0.25) is 0 Å². The second-order valence-electron chi connectivity index (χ2n) is 6.52. The summed E-state index contributed by atoms with van der Waals surface area (Å²) in [6.45, 7) is 2.40. The zero-order valence-electron chi connectivity index (χ0n) is 14.2. The van der Waals surface area contributed by atoms with Crippen molar-refractivity contribution >= 4 is 33.4 Å². The van der Waals surface area contributed by atoms with E-state index in [1.807, 2.05) is 43.3 Å². The van der Waals surface area contributed by atoms with Gasteiger partial charge >= 0.3 is 0 Å². The lowest BCUT2D eigenvalue weighted by Crippen LogP contribution is -2.44. The molecule has 0 radical (unpaired) electrons. The molecule has 0 bridgehead atoms. The van der Waals surface area contributed by atoms with Crippen molar-refractivity contribution in [1.82, 2.24) is 0 Å².